The van der Waals surface area contributed by atoms with Gasteiger partial charge in [0.2, 0.25) is 0 Å². The maximum atomic E-state index is 13.1. The first-order valence-electron chi connectivity index (χ1n) is 12.3. The highest BCUT2D eigenvalue weighted by atomic mass is 16.6. The largest absolute Gasteiger partial charge is 0.482 e. The molecule has 1 aliphatic heterocycles. The van der Waals surface area contributed by atoms with Gasteiger partial charge in [-0.3, -0.25) is 19.4 Å². The van der Waals surface area contributed by atoms with Crippen LogP contribution in [-0.4, -0.2) is 51.9 Å². The van der Waals surface area contributed by atoms with Gasteiger partial charge < -0.3 is 28.5 Å². The summed E-state index contributed by atoms with van der Waals surface area (Å²) in [6, 6.07) is 4.92. The summed E-state index contributed by atoms with van der Waals surface area (Å²) < 4.78 is 28.4. The Balaban J connectivity index is 1.78. The van der Waals surface area contributed by atoms with Crippen molar-refractivity contribution in [1.82, 2.24) is 4.98 Å². The summed E-state index contributed by atoms with van der Waals surface area (Å²) in [5.41, 5.74) is -2.83. The number of pyridine rings is 1. The Bertz CT molecular complexity index is 1290. The fourth-order valence-electron chi connectivity index (χ4n) is 5.54. The van der Waals surface area contributed by atoms with Crippen molar-refractivity contribution < 1.29 is 42.9 Å². The van der Waals surface area contributed by atoms with Crippen LogP contribution in [-0.2, 0) is 28.6 Å². The van der Waals surface area contributed by atoms with E-state index >= 15 is 0 Å². The Morgan fingerprint density at radius 3 is 2.53 bits per heavy atom. The molecule has 2 aliphatic rings. The Kier molecular flexibility index (Phi) is 7.33. The maximum Gasteiger partial charge on any atom is 0.345 e. The Morgan fingerprint density at radius 1 is 1.18 bits per heavy atom. The zero-order valence-electron chi connectivity index (χ0n) is 21.9. The number of carbonyl (C=O) groups is 3. The van der Waals surface area contributed by atoms with Crippen LogP contribution in [0.15, 0.2) is 39.8 Å². The fourth-order valence-corrected chi connectivity index (χ4v) is 5.54. The van der Waals surface area contributed by atoms with Gasteiger partial charge >= 0.3 is 23.5 Å². The normalized spacial score (nSPS) is 27.5. The van der Waals surface area contributed by atoms with Crippen LogP contribution < -0.4 is 10.4 Å². The number of aliphatic hydroxyl groups is 1. The molecule has 1 N–H and O–H groups in total. The van der Waals surface area contributed by atoms with Crippen molar-refractivity contribution in [2.45, 2.75) is 70.9 Å². The summed E-state index contributed by atoms with van der Waals surface area (Å²) in [5, 5.41) is 11.5. The van der Waals surface area contributed by atoms with E-state index in [4.69, 9.17) is 23.4 Å². The lowest BCUT2D eigenvalue weighted by atomic mass is 9.62. The molecule has 0 saturated heterocycles. The van der Waals surface area contributed by atoms with Crippen molar-refractivity contribution in [3.8, 4) is 17.1 Å². The van der Waals surface area contributed by atoms with Crippen LogP contribution in [0.3, 0.4) is 0 Å². The van der Waals surface area contributed by atoms with E-state index in [1.54, 1.807) is 32.2 Å². The molecule has 0 amide bonds. The van der Waals surface area contributed by atoms with E-state index in [0.717, 1.165) is 0 Å². The van der Waals surface area contributed by atoms with Crippen LogP contribution in [0, 0.1) is 11.8 Å². The highest BCUT2D eigenvalue weighted by Gasteiger charge is 2.60. The first-order valence-corrected chi connectivity index (χ1v) is 12.3. The molecule has 0 aromatic carbocycles. The molecule has 38 heavy (non-hydrogen) atoms. The van der Waals surface area contributed by atoms with Crippen LogP contribution in [0.2, 0.25) is 0 Å². The van der Waals surface area contributed by atoms with E-state index < -0.39 is 58.8 Å². The predicted molar refractivity (Wildman–Crippen MR) is 131 cm³/mol. The van der Waals surface area contributed by atoms with Crippen LogP contribution in [0.1, 0.15) is 59.1 Å². The monoisotopic (exact) mass is 529 g/mol. The number of carbonyl (C=O) groups excluding carboxylic acids is 3. The summed E-state index contributed by atoms with van der Waals surface area (Å²) in [6.45, 7) is 6.82. The van der Waals surface area contributed by atoms with Gasteiger partial charge in [0.15, 0.2) is 0 Å². The van der Waals surface area contributed by atoms with E-state index in [9.17, 15) is 24.3 Å². The summed E-state index contributed by atoms with van der Waals surface area (Å²) in [5.74, 6) is -2.70. The summed E-state index contributed by atoms with van der Waals surface area (Å²) in [6.07, 6.45) is 1.24. The summed E-state index contributed by atoms with van der Waals surface area (Å²) in [7, 11) is 0. The van der Waals surface area contributed by atoms with Gasteiger partial charge in [-0.1, -0.05) is 0 Å². The van der Waals surface area contributed by atoms with Gasteiger partial charge in [0.1, 0.15) is 41.0 Å². The lowest BCUT2D eigenvalue weighted by molar-refractivity contribution is -0.215. The molecule has 204 valence electrons. The summed E-state index contributed by atoms with van der Waals surface area (Å²) in [4.78, 5) is 52.8. The van der Waals surface area contributed by atoms with Crippen molar-refractivity contribution in [3.63, 3.8) is 0 Å². The molecule has 11 nitrogen and oxygen atoms in total. The molecule has 0 spiro atoms. The van der Waals surface area contributed by atoms with Gasteiger partial charge in [-0.25, -0.2) is 4.79 Å². The molecular formula is C27H31NO10. The number of ether oxygens (including phenoxy) is 4. The number of nitrogens with zero attached hydrogens (tertiary/aromatic N) is 1. The number of hydrogen-bond donors (Lipinski definition) is 1. The molecule has 6 atom stereocenters. The molecule has 2 aromatic rings. The second-order valence-electron chi connectivity index (χ2n) is 10.2. The van der Waals surface area contributed by atoms with Crippen molar-refractivity contribution in [1.29, 1.82) is 0 Å². The van der Waals surface area contributed by atoms with E-state index in [1.165, 1.54) is 33.0 Å². The fraction of sp³-hybridized carbons (Fsp3) is 0.519. The smallest absolute Gasteiger partial charge is 0.345 e. The molecule has 3 heterocycles. The zero-order valence-corrected chi connectivity index (χ0v) is 21.9. The van der Waals surface area contributed by atoms with Crippen LogP contribution in [0.4, 0.5) is 0 Å². The molecule has 2 unspecified atom stereocenters. The first-order chi connectivity index (χ1) is 17.8. The highest BCUT2D eigenvalue weighted by molar-refractivity contribution is 5.68. The predicted octanol–water partition coefficient (Wildman–Crippen LogP) is 2.73. The third-order valence-corrected chi connectivity index (χ3v) is 7.43. The van der Waals surface area contributed by atoms with Gasteiger partial charge in [-0.2, -0.15) is 0 Å². The highest BCUT2D eigenvalue weighted by Crippen LogP contribution is 2.54. The number of hydrogen-bond acceptors (Lipinski definition) is 11. The second kappa shape index (κ2) is 10.2. The molecule has 4 rings (SSSR count). The standard InChI is InChI=1S/C27H31NO10/c1-14(29)34-13-26(4,37-16(3)31)18-9-19-24(32)23-21(38-27(19,5)22(10-18)35-15(2)30)11-20(36-25(23)33)17-7-6-8-28-12-17/h6-8,11-12,18-19,22,24,32H,9-10,13H2,1-5H3/t18?,19-,22-,24+,26?,27-/m1/s1. The minimum Gasteiger partial charge on any atom is -0.482 e. The molecule has 2 aromatic heterocycles. The minimum atomic E-state index is -1.35. The number of rotatable bonds is 6. The van der Waals surface area contributed by atoms with Crippen LogP contribution in [0.25, 0.3) is 11.3 Å². The average Bonchev–Trinajstić information content (AvgIpc) is 2.83. The summed E-state index contributed by atoms with van der Waals surface area (Å²) >= 11 is 0. The Labute approximate surface area is 219 Å². The van der Waals surface area contributed by atoms with Crippen molar-refractivity contribution >= 4 is 17.9 Å². The van der Waals surface area contributed by atoms with Gasteiger partial charge in [-0.15, -0.1) is 0 Å². The lowest BCUT2D eigenvalue weighted by Gasteiger charge is -2.54. The number of aromatic nitrogens is 1. The number of aliphatic hydroxyl groups excluding tert-OH is 1. The van der Waals surface area contributed by atoms with Crippen molar-refractivity contribution in [2.75, 3.05) is 6.61 Å². The Hall–Kier alpha value is -3.73. The molecule has 1 fully saturated rings. The third-order valence-electron chi connectivity index (χ3n) is 7.43. The number of esters is 3. The first kappa shape index (κ1) is 27.3. The lowest BCUT2D eigenvalue weighted by Crippen LogP contribution is -2.63. The van der Waals surface area contributed by atoms with Gasteiger partial charge in [-0.05, 0) is 38.8 Å². The van der Waals surface area contributed by atoms with Gasteiger partial charge in [0.25, 0.3) is 0 Å². The maximum absolute atomic E-state index is 13.1. The van der Waals surface area contributed by atoms with Crippen LogP contribution in [0.5, 0.6) is 5.75 Å². The third kappa shape index (κ3) is 5.15. The van der Waals surface area contributed by atoms with E-state index in [1.807, 2.05) is 0 Å². The SMILES string of the molecule is CC(=O)OCC(C)(OC(C)=O)C1C[C@@H]2[C@H](O)c3c(cc(-c4cccnc4)oc3=O)O[C@@]2(C)[C@H](OC(C)=O)C1. The van der Waals surface area contributed by atoms with Crippen LogP contribution >= 0.6 is 0 Å². The van der Waals surface area contributed by atoms with E-state index in [-0.39, 0.29) is 36.5 Å². The van der Waals surface area contributed by atoms with Crippen molar-refractivity contribution in [2.24, 2.45) is 11.8 Å². The van der Waals surface area contributed by atoms with Crippen molar-refractivity contribution in [3.05, 3.63) is 46.6 Å². The zero-order chi connectivity index (χ0) is 27.8. The van der Waals surface area contributed by atoms with Gasteiger partial charge in [0.05, 0.1) is 6.10 Å². The van der Waals surface area contributed by atoms with Gasteiger partial charge in [0, 0.05) is 56.6 Å². The quantitative estimate of drug-likeness (QED) is 0.434. The topological polar surface area (TPSA) is 151 Å². The average molecular weight is 530 g/mol. The Morgan fingerprint density at radius 2 is 1.92 bits per heavy atom. The number of fused-ring (bicyclic) bond motifs is 2. The molecule has 11 heteroatoms. The molecule has 0 bridgehead atoms. The molecular weight excluding hydrogens is 498 g/mol. The van der Waals surface area contributed by atoms with E-state index in [0.29, 0.717) is 5.56 Å². The second-order valence-corrected chi connectivity index (χ2v) is 10.2. The molecule has 1 aliphatic carbocycles. The molecule has 0 radical (unpaired) electrons. The van der Waals surface area contributed by atoms with E-state index in [2.05, 4.69) is 4.98 Å². The molecule has 1 saturated carbocycles. The minimum absolute atomic E-state index is 0.0588.